The highest BCUT2D eigenvalue weighted by Gasteiger charge is 2.61. The second-order valence-electron chi connectivity index (χ2n) is 8.20. The third-order valence-electron chi connectivity index (χ3n) is 6.67. The van der Waals surface area contributed by atoms with Crippen LogP contribution in [0, 0.1) is 11.7 Å². The van der Waals surface area contributed by atoms with Crippen molar-refractivity contribution < 1.29 is 13.7 Å². The minimum Gasteiger partial charge on any atom is -0.381 e. The van der Waals surface area contributed by atoms with Gasteiger partial charge in [0.25, 0.3) is 5.84 Å². The largest absolute Gasteiger partial charge is 0.381 e. The Bertz CT molecular complexity index is 709. The van der Waals surface area contributed by atoms with E-state index in [1.165, 1.54) is 37.4 Å². The molecule has 1 aromatic heterocycles. The number of likely N-dealkylation sites (N-methyl/N-ethyl adjacent to an activating group) is 1. The maximum Gasteiger partial charge on any atom is 0.294 e. The molecule has 27 heavy (non-hydrogen) atoms. The van der Waals surface area contributed by atoms with Gasteiger partial charge in [-0.3, -0.25) is 10.3 Å². The fourth-order valence-corrected chi connectivity index (χ4v) is 5.41. The molecule has 1 N–H and O–H groups in total. The number of aromatic nitrogens is 1. The van der Waals surface area contributed by atoms with Gasteiger partial charge in [0, 0.05) is 18.8 Å². The summed E-state index contributed by atoms with van der Waals surface area (Å²) in [6, 6.07) is 1.39. The van der Waals surface area contributed by atoms with E-state index in [0.717, 1.165) is 63.6 Å². The number of hydrogen-bond acceptors (Lipinski definition) is 3. The average molecular weight is 395 g/mol. The summed E-state index contributed by atoms with van der Waals surface area (Å²) in [5, 5.41) is 4.07. The van der Waals surface area contributed by atoms with Crippen LogP contribution >= 0.6 is 11.6 Å². The molecule has 3 aliphatic rings. The summed E-state index contributed by atoms with van der Waals surface area (Å²) in [5.41, 5.74) is 1.16. The first-order chi connectivity index (χ1) is 13.1. The number of rotatable bonds is 5. The van der Waals surface area contributed by atoms with Gasteiger partial charge in [-0.2, -0.15) is 0 Å². The summed E-state index contributed by atoms with van der Waals surface area (Å²) in [6.45, 7) is 6.06. The molecule has 148 valence electrons. The van der Waals surface area contributed by atoms with Crippen LogP contribution < -0.4 is 5.32 Å². The van der Waals surface area contributed by atoms with Gasteiger partial charge >= 0.3 is 0 Å². The van der Waals surface area contributed by atoms with E-state index in [0.29, 0.717) is 10.9 Å². The van der Waals surface area contributed by atoms with E-state index in [-0.39, 0.29) is 11.4 Å². The molecule has 2 aliphatic heterocycles. The molecular formula is C21H30ClFN3O+. The Morgan fingerprint density at radius 1 is 1.30 bits per heavy atom. The summed E-state index contributed by atoms with van der Waals surface area (Å²) < 4.78 is 21.4. The predicted molar refractivity (Wildman–Crippen MR) is 105 cm³/mol. The van der Waals surface area contributed by atoms with Gasteiger partial charge in [-0.15, -0.1) is 0 Å². The van der Waals surface area contributed by atoms with E-state index in [1.54, 1.807) is 0 Å². The standard InChI is InChI=1S/C21H29ClFN3O/c1-2-24-20-21(8-11-27-12-9-21)26(20)10-7-15-3-5-16(6-4-15)19-18(22)13-17(23)14-25-19/h13-16H,2-12H2,1H3/p+1. The molecule has 0 atom stereocenters. The zero-order valence-electron chi connectivity index (χ0n) is 16.1. The van der Waals surface area contributed by atoms with Crippen molar-refractivity contribution in [3.8, 4) is 0 Å². The lowest BCUT2D eigenvalue weighted by Crippen LogP contribution is -2.37. The van der Waals surface area contributed by atoms with Crippen LogP contribution in [0.25, 0.3) is 0 Å². The SMILES string of the molecule is CCNC1=[N+](CCC2CCC(c3ncc(F)cc3Cl)CC2)C12CCOCC2. The smallest absolute Gasteiger partial charge is 0.294 e. The molecule has 1 aliphatic carbocycles. The zero-order valence-corrected chi connectivity index (χ0v) is 16.9. The molecular weight excluding hydrogens is 365 g/mol. The van der Waals surface area contributed by atoms with Crippen LogP contribution in [-0.2, 0) is 4.74 Å². The Hall–Kier alpha value is -1.20. The van der Waals surface area contributed by atoms with Crippen LogP contribution in [0.3, 0.4) is 0 Å². The third kappa shape index (κ3) is 3.86. The van der Waals surface area contributed by atoms with Crippen LogP contribution in [0.15, 0.2) is 12.3 Å². The summed E-state index contributed by atoms with van der Waals surface area (Å²) >= 11 is 6.21. The third-order valence-corrected chi connectivity index (χ3v) is 6.97. The lowest BCUT2D eigenvalue weighted by Gasteiger charge is -2.28. The monoisotopic (exact) mass is 394 g/mol. The van der Waals surface area contributed by atoms with Crippen molar-refractivity contribution in [3.63, 3.8) is 0 Å². The normalized spacial score (nSPS) is 27.1. The number of nitrogens with zero attached hydrogens (tertiary/aromatic N) is 2. The molecule has 0 aromatic carbocycles. The fourth-order valence-electron chi connectivity index (χ4n) is 5.10. The number of hydrogen-bond donors (Lipinski definition) is 1. The van der Waals surface area contributed by atoms with Crippen molar-refractivity contribution >= 4 is 17.4 Å². The van der Waals surface area contributed by atoms with Crippen LogP contribution in [0.4, 0.5) is 4.39 Å². The molecule has 0 bridgehead atoms. The molecule has 0 unspecified atom stereocenters. The van der Waals surface area contributed by atoms with Crippen LogP contribution in [0.5, 0.6) is 0 Å². The zero-order chi connectivity index (χ0) is 18.9. The quantitative estimate of drug-likeness (QED) is 0.763. The first kappa shape index (κ1) is 19.1. The van der Waals surface area contributed by atoms with E-state index in [2.05, 4.69) is 21.8 Å². The predicted octanol–water partition coefficient (Wildman–Crippen LogP) is 4.12. The Morgan fingerprint density at radius 3 is 2.70 bits per heavy atom. The molecule has 4 nitrogen and oxygen atoms in total. The molecule has 6 heteroatoms. The van der Waals surface area contributed by atoms with Gasteiger partial charge in [0.1, 0.15) is 5.82 Å². The van der Waals surface area contributed by atoms with Crippen molar-refractivity contribution in [1.82, 2.24) is 10.3 Å². The highest BCUT2D eigenvalue weighted by Crippen LogP contribution is 2.41. The van der Waals surface area contributed by atoms with E-state index < -0.39 is 0 Å². The van der Waals surface area contributed by atoms with Gasteiger partial charge in [-0.25, -0.2) is 8.97 Å². The number of nitrogens with one attached hydrogen (secondary N) is 1. The van der Waals surface area contributed by atoms with Gasteiger partial charge in [0.05, 0.1) is 43.2 Å². The summed E-state index contributed by atoms with van der Waals surface area (Å²) in [6.07, 6.45) is 9.40. The fraction of sp³-hybridized carbons (Fsp3) is 0.714. The highest BCUT2D eigenvalue weighted by atomic mass is 35.5. The van der Waals surface area contributed by atoms with Crippen molar-refractivity contribution in [3.05, 3.63) is 28.8 Å². The Balaban J connectivity index is 1.29. The second kappa shape index (κ2) is 8.04. The summed E-state index contributed by atoms with van der Waals surface area (Å²) in [7, 11) is 0. The van der Waals surface area contributed by atoms with Gasteiger partial charge < -0.3 is 4.74 Å². The van der Waals surface area contributed by atoms with Gasteiger partial charge in [0.15, 0.2) is 0 Å². The minimum atomic E-state index is -0.356. The maximum atomic E-state index is 13.2. The molecule has 1 saturated carbocycles. The van der Waals surface area contributed by atoms with Gasteiger partial charge in [-0.1, -0.05) is 11.6 Å². The average Bonchev–Trinajstić information content (AvgIpc) is 3.25. The molecule has 0 radical (unpaired) electrons. The van der Waals surface area contributed by atoms with Crippen molar-refractivity contribution in [1.29, 1.82) is 0 Å². The molecule has 1 spiro atoms. The molecule has 2 fully saturated rings. The van der Waals surface area contributed by atoms with Gasteiger partial charge in [0.2, 0.25) is 5.54 Å². The highest BCUT2D eigenvalue weighted by molar-refractivity contribution is 6.31. The molecule has 4 rings (SSSR count). The van der Waals surface area contributed by atoms with Crippen LogP contribution in [0.1, 0.15) is 63.5 Å². The molecule has 3 heterocycles. The number of ether oxygens (including phenoxy) is 1. The Morgan fingerprint density at radius 2 is 2.04 bits per heavy atom. The first-order valence-corrected chi connectivity index (χ1v) is 10.8. The number of pyridine rings is 1. The molecule has 0 amide bonds. The number of halogens is 2. The molecule has 1 aromatic rings. The van der Waals surface area contributed by atoms with E-state index in [9.17, 15) is 4.39 Å². The second-order valence-corrected chi connectivity index (χ2v) is 8.61. The topological polar surface area (TPSA) is 37.2 Å². The van der Waals surface area contributed by atoms with Crippen molar-refractivity contribution in [2.75, 3.05) is 26.3 Å². The minimum absolute atomic E-state index is 0.275. The van der Waals surface area contributed by atoms with E-state index >= 15 is 0 Å². The van der Waals surface area contributed by atoms with Crippen LogP contribution in [0.2, 0.25) is 5.02 Å². The van der Waals surface area contributed by atoms with Gasteiger partial charge in [-0.05, 0) is 51.0 Å². The van der Waals surface area contributed by atoms with Crippen molar-refractivity contribution in [2.45, 2.75) is 63.3 Å². The Kier molecular flexibility index (Phi) is 5.70. The maximum absolute atomic E-state index is 13.2. The summed E-state index contributed by atoms with van der Waals surface area (Å²) in [4.78, 5) is 4.26. The van der Waals surface area contributed by atoms with Crippen molar-refractivity contribution in [2.24, 2.45) is 5.92 Å². The van der Waals surface area contributed by atoms with Crippen LogP contribution in [-0.4, -0.2) is 47.2 Å². The summed E-state index contributed by atoms with van der Waals surface area (Å²) in [5.74, 6) is 2.23. The lowest BCUT2D eigenvalue weighted by atomic mass is 9.79. The first-order valence-electron chi connectivity index (χ1n) is 10.4. The Labute approximate surface area is 166 Å². The molecule has 1 saturated heterocycles. The lowest BCUT2D eigenvalue weighted by molar-refractivity contribution is -0.514. The van der Waals surface area contributed by atoms with E-state index in [4.69, 9.17) is 16.3 Å². The number of amidine groups is 1. The van der Waals surface area contributed by atoms with E-state index in [1.807, 2.05) is 0 Å².